The van der Waals surface area contributed by atoms with Gasteiger partial charge in [0.25, 0.3) is 0 Å². The maximum atomic E-state index is 11.8. The van der Waals surface area contributed by atoms with Crippen molar-refractivity contribution in [2.24, 2.45) is 0 Å². The van der Waals surface area contributed by atoms with Gasteiger partial charge in [0.1, 0.15) is 0 Å². The van der Waals surface area contributed by atoms with E-state index in [0.29, 0.717) is 26.1 Å². The Morgan fingerprint density at radius 3 is 1.12 bits per heavy atom. The van der Waals surface area contributed by atoms with Crippen LogP contribution < -0.4 is 0 Å². The van der Waals surface area contributed by atoms with E-state index < -0.39 is 0 Å². The van der Waals surface area contributed by atoms with Gasteiger partial charge in [0.15, 0.2) is 0 Å². The third kappa shape index (κ3) is 20.3. The molecule has 0 unspecified atom stereocenters. The van der Waals surface area contributed by atoms with Crippen LogP contribution in [0.5, 0.6) is 0 Å². The van der Waals surface area contributed by atoms with Crippen molar-refractivity contribution in [2.45, 2.75) is 128 Å². The summed E-state index contributed by atoms with van der Waals surface area (Å²) in [5.41, 5.74) is 0. The lowest BCUT2D eigenvalue weighted by molar-refractivity contribution is -0.144. The summed E-state index contributed by atoms with van der Waals surface area (Å²) < 4.78 is 10.7. The number of cyclic esters (lactones) is 2. The molecule has 1 aliphatic rings. The molecule has 0 aliphatic carbocycles. The monoisotopic (exact) mass is 448 g/mol. The lowest BCUT2D eigenvalue weighted by atomic mass is 10.1. The highest BCUT2D eigenvalue weighted by Gasteiger charge is 2.02. The van der Waals surface area contributed by atoms with E-state index in [-0.39, 0.29) is 11.9 Å². The Kier molecular flexibility index (Phi) is 20.1. The van der Waals surface area contributed by atoms with Gasteiger partial charge in [-0.2, -0.15) is 0 Å². The minimum atomic E-state index is -0.0582. The summed E-state index contributed by atoms with van der Waals surface area (Å²) in [4.78, 5) is 23.5. The molecule has 1 aliphatic heterocycles. The summed E-state index contributed by atoms with van der Waals surface area (Å²) in [6.45, 7) is 1.14. The van der Waals surface area contributed by atoms with Crippen molar-refractivity contribution in [3.05, 3.63) is 24.3 Å². The Morgan fingerprint density at radius 1 is 0.406 bits per heavy atom. The van der Waals surface area contributed by atoms with Gasteiger partial charge in [-0.3, -0.25) is 9.59 Å². The summed E-state index contributed by atoms with van der Waals surface area (Å²) in [5, 5.41) is 0. The fraction of sp³-hybridized carbons (Fsp3) is 0.786. The highest BCUT2D eigenvalue weighted by molar-refractivity contribution is 5.69. The molecule has 0 saturated heterocycles. The van der Waals surface area contributed by atoms with Crippen molar-refractivity contribution >= 4 is 11.9 Å². The quantitative estimate of drug-likeness (QED) is 0.278. The molecule has 4 heteroatoms. The zero-order valence-electron chi connectivity index (χ0n) is 20.5. The molecule has 0 aromatic carbocycles. The van der Waals surface area contributed by atoms with Crippen molar-refractivity contribution in [1.29, 1.82) is 0 Å². The van der Waals surface area contributed by atoms with Gasteiger partial charge in [0, 0.05) is 12.8 Å². The van der Waals surface area contributed by atoms with E-state index in [2.05, 4.69) is 24.3 Å². The fourth-order valence-corrected chi connectivity index (χ4v) is 3.89. The molecule has 0 bridgehead atoms. The standard InChI is InChI=1S/C28H48O4/c29-27-23-19-15-11-7-3-1-5-9-13-17-21-25-31-28(30)24-20-16-12-8-4-2-6-10-14-18-22-26-32-27/h11-12,15-16H,1-10,13-14,17-26H2. The number of carbonyl (C=O) groups is 2. The zero-order chi connectivity index (χ0) is 23.0. The third-order valence-corrected chi connectivity index (χ3v) is 5.92. The Bertz CT molecular complexity index is 464. The molecule has 0 fully saturated rings. The average molecular weight is 449 g/mol. The third-order valence-electron chi connectivity index (χ3n) is 5.92. The molecular weight excluding hydrogens is 400 g/mol. The second kappa shape index (κ2) is 22.6. The lowest BCUT2D eigenvalue weighted by Crippen LogP contribution is -2.05. The van der Waals surface area contributed by atoms with E-state index in [1.165, 1.54) is 64.2 Å². The molecule has 4 nitrogen and oxygen atoms in total. The number of hydrogen-bond acceptors (Lipinski definition) is 4. The van der Waals surface area contributed by atoms with Crippen LogP contribution in [-0.2, 0) is 19.1 Å². The van der Waals surface area contributed by atoms with Gasteiger partial charge in [-0.15, -0.1) is 0 Å². The summed E-state index contributed by atoms with van der Waals surface area (Å²) in [6, 6.07) is 0. The van der Waals surface area contributed by atoms with Gasteiger partial charge in [-0.25, -0.2) is 0 Å². The number of hydrogen-bond donors (Lipinski definition) is 0. The minimum absolute atomic E-state index is 0.0582. The zero-order valence-corrected chi connectivity index (χ0v) is 20.5. The first-order valence-corrected chi connectivity index (χ1v) is 13.4. The summed E-state index contributed by atoms with van der Waals surface area (Å²) in [5.74, 6) is -0.116. The maximum Gasteiger partial charge on any atom is 0.306 e. The molecule has 1 heterocycles. The molecule has 0 N–H and O–H groups in total. The highest BCUT2D eigenvalue weighted by atomic mass is 16.5. The molecule has 184 valence electrons. The Balaban J connectivity index is 2.19. The van der Waals surface area contributed by atoms with E-state index >= 15 is 0 Å². The van der Waals surface area contributed by atoms with Crippen LogP contribution in [0.25, 0.3) is 0 Å². The van der Waals surface area contributed by atoms with Crippen molar-refractivity contribution in [2.75, 3.05) is 13.2 Å². The van der Waals surface area contributed by atoms with Gasteiger partial charge < -0.3 is 9.47 Å². The first kappa shape index (κ1) is 28.5. The Labute approximate surface area is 197 Å². The molecular formula is C28H48O4. The summed E-state index contributed by atoms with van der Waals surface area (Å²) in [7, 11) is 0. The number of rotatable bonds is 0. The summed E-state index contributed by atoms with van der Waals surface area (Å²) in [6.07, 6.45) is 30.1. The number of allylic oxidation sites excluding steroid dienone is 4. The van der Waals surface area contributed by atoms with Crippen molar-refractivity contribution < 1.29 is 19.1 Å². The molecule has 0 atom stereocenters. The van der Waals surface area contributed by atoms with Crippen molar-refractivity contribution in [3.8, 4) is 0 Å². The lowest BCUT2D eigenvalue weighted by Gasteiger charge is -2.05. The van der Waals surface area contributed by atoms with Gasteiger partial charge in [0.05, 0.1) is 13.2 Å². The molecule has 0 amide bonds. The molecule has 32 heavy (non-hydrogen) atoms. The second-order valence-electron chi connectivity index (χ2n) is 8.99. The Morgan fingerprint density at radius 2 is 0.719 bits per heavy atom. The topological polar surface area (TPSA) is 52.6 Å². The normalized spacial score (nSPS) is 21.9. The SMILES string of the molecule is O=C1CCC=CCCCCCCCCCOC(=O)CCC=CCCCCCCCCCO1. The molecule has 0 spiro atoms. The predicted octanol–water partition coefficient (Wildman–Crippen LogP) is 8.00. The number of ether oxygens (including phenoxy) is 2. The van der Waals surface area contributed by atoms with E-state index in [0.717, 1.165) is 51.4 Å². The second-order valence-corrected chi connectivity index (χ2v) is 8.99. The first-order chi connectivity index (χ1) is 15.8. The van der Waals surface area contributed by atoms with E-state index in [4.69, 9.17) is 9.47 Å². The van der Waals surface area contributed by atoms with Crippen molar-refractivity contribution in [3.63, 3.8) is 0 Å². The largest absolute Gasteiger partial charge is 0.466 e. The maximum absolute atomic E-state index is 11.8. The van der Waals surface area contributed by atoms with E-state index in [9.17, 15) is 9.59 Å². The number of carbonyl (C=O) groups excluding carboxylic acids is 2. The van der Waals surface area contributed by atoms with Crippen LogP contribution >= 0.6 is 0 Å². The summed E-state index contributed by atoms with van der Waals surface area (Å²) >= 11 is 0. The molecule has 0 saturated carbocycles. The fourth-order valence-electron chi connectivity index (χ4n) is 3.89. The van der Waals surface area contributed by atoms with Crippen LogP contribution in [0.1, 0.15) is 128 Å². The smallest absolute Gasteiger partial charge is 0.306 e. The molecule has 0 aromatic heterocycles. The highest BCUT2D eigenvalue weighted by Crippen LogP contribution is 2.11. The molecule has 0 radical (unpaired) electrons. The number of esters is 2. The van der Waals surface area contributed by atoms with Gasteiger partial charge in [0.2, 0.25) is 0 Å². The van der Waals surface area contributed by atoms with Crippen LogP contribution in [0, 0.1) is 0 Å². The first-order valence-electron chi connectivity index (χ1n) is 13.4. The minimum Gasteiger partial charge on any atom is -0.466 e. The van der Waals surface area contributed by atoms with E-state index in [1.54, 1.807) is 0 Å². The predicted molar refractivity (Wildman–Crippen MR) is 133 cm³/mol. The van der Waals surface area contributed by atoms with Crippen LogP contribution in [0.2, 0.25) is 0 Å². The van der Waals surface area contributed by atoms with Gasteiger partial charge in [-0.05, 0) is 51.4 Å². The van der Waals surface area contributed by atoms with Crippen molar-refractivity contribution in [1.82, 2.24) is 0 Å². The van der Waals surface area contributed by atoms with Crippen LogP contribution in [-0.4, -0.2) is 25.2 Å². The van der Waals surface area contributed by atoms with Crippen LogP contribution in [0.15, 0.2) is 24.3 Å². The van der Waals surface area contributed by atoms with Crippen LogP contribution in [0.3, 0.4) is 0 Å². The van der Waals surface area contributed by atoms with Crippen LogP contribution in [0.4, 0.5) is 0 Å². The average Bonchev–Trinajstić information content (AvgIpc) is 2.78. The molecule has 0 aromatic rings. The van der Waals surface area contributed by atoms with E-state index in [1.807, 2.05) is 0 Å². The van der Waals surface area contributed by atoms with Gasteiger partial charge in [-0.1, -0.05) is 88.5 Å². The Hall–Kier alpha value is -1.58. The molecule has 1 rings (SSSR count). The van der Waals surface area contributed by atoms with Gasteiger partial charge >= 0.3 is 11.9 Å².